The Bertz CT molecular complexity index is 511. The van der Waals surface area contributed by atoms with Crippen molar-refractivity contribution in [3.05, 3.63) is 23.3 Å². The number of cyclic esters (lactones) is 1. The number of benzene rings is 1. The summed E-state index contributed by atoms with van der Waals surface area (Å²) in [5.74, 6) is -1.11. The third-order valence-electron chi connectivity index (χ3n) is 3.26. The van der Waals surface area contributed by atoms with Gasteiger partial charge >= 0.3 is 5.97 Å². The van der Waals surface area contributed by atoms with E-state index in [4.69, 9.17) is 4.74 Å². The van der Waals surface area contributed by atoms with E-state index in [0.717, 1.165) is 6.07 Å². The number of aliphatic hydroxyl groups is 2. The van der Waals surface area contributed by atoms with Crippen LogP contribution in [0.1, 0.15) is 35.7 Å². The molecule has 1 aromatic rings. The number of carbonyl (C=O) groups is 1. The van der Waals surface area contributed by atoms with E-state index in [1.54, 1.807) is 6.92 Å². The van der Waals surface area contributed by atoms with Gasteiger partial charge in [0.15, 0.2) is 0 Å². The number of phenols is 2. The molecule has 6 heteroatoms. The minimum Gasteiger partial charge on any atom is -0.508 e. The van der Waals surface area contributed by atoms with Crippen LogP contribution in [-0.2, 0) is 11.2 Å². The summed E-state index contributed by atoms with van der Waals surface area (Å²) in [6.07, 6.45) is -1.24. The number of ether oxygens (including phenoxy) is 1. The fourth-order valence-corrected chi connectivity index (χ4v) is 2.49. The maximum atomic E-state index is 11.8. The molecule has 0 spiro atoms. The van der Waals surface area contributed by atoms with Gasteiger partial charge < -0.3 is 25.2 Å². The van der Waals surface area contributed by atoms with Crippen LogP contribution in [0.3, 0.4) is 0 Å². The van der Waals surface area contributed by atoms with Gasteiger partial charge in [0.05, 0.1) is 12.2 Å². The average Bonchev–Trinajstić information content (AvgIpc) is 2.25. The van der Waals surface area contributed by atoms with Crippen LogP contribution >= 0.6 is 0 Å². The number of rotatable bonds is 4. The molecule has 4 N–H and O–H groups in total. The van der Waals surface area contributed by atoms with E-state index in [0.29, 0.717) is 12.0 Å². The molecule has 2 rings (SSSR count). The van der Waals surface area contributed by atoms with Crippen molar-refractivity contribution in [3.8, 4) is 11.5 Å². The van der Waals surface area contributed by atoms with Crippen molar-refractivity contribution >= 4 is 5.97 Å². The van der Waals surface area contributed by atoms with Gasteiger partial charge in [0.2, 0.25) is 0 Å². The van der Waals surface area contributed by atoms with Crippen molar-refractivity contribution < 1.29 is 30.0 Å². The molecule has 1 aliphatic rings. The second kappa shape index (κ2) is 5.68. The number of aliphatic hydroxyl groups excluding tert-OH is 2. The first-order valence-corrected chi connectivity index (χ1v) is 6.48. The van der Waals surface area contributed by atoms with Crippen LogP contribution in [0.2, 0.25) is 0 Å². The van der Waals surface area contributed by atoms with Crippen LogP contribution in [0.4, 0.5) is 0 Å². The Morgan fingerprint density at radius 2 is 2.05 bits per heavy atom. The zero-order valence-corrected chi connectivity index (χ0v) is 11.1. The Morgan fingerprint density at radius 3 is 2.70 bits per heavy atom. The summed E-state index contributed by atoms with van der Waals surface area (Å²) < 4.78 is 5.16. The smallest absolute Gasteiger partial charge is 0.342 e. The quantitative estimate of drug-likeness (QED) is 0.606. The van der Waals surface area contributed by atoms with Crippen molar-refractivity contribution in [2.24, 2.45) is 0 Å². The second-order valence-electron chi connectivity index (χ2n) is 5.20. The van der Waals surface area contributed by atoms with Crippen molar-refractivity contribution in [2.75, 3.05) is 0 Å². The Balaban J connectivity index is 2.13. The Labute approximate surface area is 116 Å². The minimum absolute atomic E-state index is 0.0593. The van der Waals surface area contributed by atoms with Gasteiger partial charge in [-0.25, -0.2) is 4.79 Å². The van der Waals surface area contributed by atoms with Gasteiger partial charge in [-0.2, -0.15) is 0 Å². The van der Waals surface area contributed by atoms with Crippen molar-refractivity contribution in [1.82, 2.24) is 0 Å². The standard InChI is InChI=1S/C14H18O6/c1-7(15)2-9(16)5-11-4-8-3-10(17)6-12(18)13(8)14(19)20-11/h3,6-7,9,11,15-18H,2,4-5H2,1H3. The molecular formula is C14H18O6. The summed E-state index contributed by atoms with van der Waals surface area (Å²) in [5, 5.41) is 38.1. The van der Waals surface area contributed by atoms with E-state index in [1.807, 2.05) is 0 Å². The van der Waals surface area contributed by atoms with Crippen LogP contribution < -0.4 is 0 Å². The van der Waals surface area contributed by atoms with Crippen molar-refractivity contribution in [2.45, 2.75) is 44.5 Å². The summed E-state index contributed by atoms with van der Waals surface area (Å²) in [6, 6.07) is 2.49. The molecular weight excluding hydrogens is 264 g/mol. The van der Waals surface area contributed by atoms with Crippen LogP contribution in [0.15, 0.2) is 12.1 Å². The van der Waals surface area contributed by atoms with Crippen LogP contribution in [0, 0.1) is 0 Å². The third kappa shape index (κ3) is 3.20. The molecule has 0 aliphatic carbocycles. The predicted octanol–water partition coefficient (Wildman–Crippen LogP) is 0.701. The monoisotopic (exact) mass is 282 g/mol. The first kappa shape index (κ1) is 14.6. The molecule has 0 bridgehead atoms. The van der Waals surface area contributed by atoms with Crippen molar-refractivity contribution in [3.63, 3.8) is 0 Å². The predicted molar refractivity (Wildman–Crippen MR) is 69.6 cm³/mol. The highest BCUT2D eigenvalue weighted by Crippen LogP contribution is 2.33. The lowest BCUT2D eigenvalue weighted by Gasteiger charge is -2.27. The molecule has 1 aromatic carbocycles. The summed E-state index contributed by atoms with van der Waals surface area (Å²) in [6.45, 7) is 1.57. The molecule has 0 aromatic heterocycles. The molecule has 0 amide bonds. The van der Waals surface area contributed by atoms with E-state index in [-0.39, 0.29) is 29.9 Å². The topological polar surface area (TPSA) is 107 Å². The average molecular weight is 282 g/mol. The highest BCUT2D eigenvalue weighted by molar-refractivity contribution is 5.95. The zero-order valence-electron chi connectivity index (χ0n) is 11.1. The molecule has 0 saturated heterocycles. The summed E-state index contributed by atoms with van der Waals surface area (Å²) >= 11 is 0. The normalized spacial score (nSPS) is 20.9. The first-order valence-electron chi connectivity index (χ1n) is 6.48. The lowest BCUT2D eigenvalue weighted by molar-refractivity contribution is 0.00279. The number of aromatic hydroxyl groups is 2. The van der Waals surface area contributed by atoms with Crippen LogP contribution in [-0.4, -0.2) is 44.7 Å². The first-order chi connectivity index (χ1) is 9.36. The largest absolute Gasteiger partial charge is 0.508 e. The highest BCUT2D eigenvalue weighted by atomic mass is 16.5. The number of carbonyl (C=O) groups excluding carboxylic acids is 1. The molecule has 110 valence electrons. The minimum atomic E-state index is -0.778. The van der Waals surface area contributed by atoms with E-state index in [2.05, 4.69) is 0 Å². The number of hydrogen-bond donors (Lipinski definition) is 4. The summed E-state index contributed by atoms with van der Waals surface area (Å²) in [4.78, 5) is 11.8. The van der Waals surface area contributed by atoms with Gasteiger partial charge in [-0.05, 0) is 25.0 Å². The lowest BCUT2D eigenvalue weighted by atomic mass is 9.94. The molecule has 6 nitrogen and oxygen atoms in total. The Hall–Kier alpha value is -1.79. The number of fused-ring (bicyclic) bond motifs is 1. The number of phenolic OH excluding ortho intramolecular Hbond substituents is 2. The van der Waals surface area contributed by atoms with Gasteiger partial charge in [0.25, 0.3) is 0 Å². The van der Waals surface area contributed by atoms with Gasteiger partial charge in [0.1, 0.15) is 23.2 Å². The molecule has 20 heavy (non-hydrogen) atoms. The maximum absolute atomic E-state index is 11.8. The highest BCUT2D eigenvalue weighted by Gasteiger charge is 2.31. The van der Waals surface area contributed by atoms with E-state index in [1.165, 1.54) is 6.07 Å². The molecule has 3 atom stereocenters. The van der Waals surface area contributed by atoms with Gasteiger partial charge in [-0.1, -0.05) is 0 Å². The van der Waals surface area contributed by atoms with Crippen LogP contribution in [0.25, 0.3) is 0 Å². The number of esters is 1. The molecule has 1 heterocycles. The maximum Gasteiger partial charge on any atom is 0.342 e. The van der Waals surface area contributed by atoms with Gasteiger partial charge in [0, 0.05) is 18.9 Å². The zero-order chi connectivity index (χ0) is 14.9. The fourth-order valence-electron chi connectivity index (χ4n) is 2.49. The molecule has 0 fully saturated rings. The third-order valence-corrected chi connectivity index (χ3v) is 3.26. The summed E-state index contributed by atoms with van der Waals surface area (Å²) in [7, 11) is 0. The fraction of sp³-hybridized carbons (Fsp3) is 0.500. The van der Waals surface area contributed by atoms with Crippen LogP contribution in [0.5, 0.6) is 11.5 Å². The van der Waals surface area contributed by atoms with Crippen molar-refractivity contribution in [1.29, 1.82) is 0 Å². The van der Waals surface area contributed by atoms with E-state index >= 15 is 0 Å². The molecule has 3 unspecified atom stereocenters. The molecule has 1 aliphatic heterocycles. The van der Waals surface area contributed by atoms with E-state index < -0.39 is 24.3 Å². The SMILES string of the molecule is CC(O)CC(O)CC1Cc2cc(O)cc(O)c2C(=O)O1. The Kier molecular flexibility index (Phi) is 4.15. The second-order valence-corrected chi connectivity index (χ2v) is 5.20. The lowest BCUT2D eigenvalue weighted by Crippen LogP contribution is -2.32. The molecule has 0 radical (unpaired) electrons. The number of hydrogen-bond acceptors (Lipinski definition) is 6. The van der Waals surface area contributed by atoms with E-state index in [9.17, 15) is 25.2 Å². The van der Waals surface area contributed by atoms with Gasteiger partial charge in [-0.15, -0.1) is 0 Å². The summed E-state index contributed by atoms with van der Waals surface area (Å²) in [5.41, 5.74) is 0.553. The van der Waals surface area contributed by atoms with Gasteiger partial charge in [-0.3, -0.25) is 0 Å². The molecule has 0 saturated carbocycles. The Morgan fingerprint density at radius 1 is 1.35 bits per heavy atom.